The lowest BCUT2D eigenvalue weighted by atomic mass is 10.1. The standard InChI is InChI=1S/C17H25N7O/c1-4-22(2)10-12(16-13(11-25)17(18)20-19-16)14-9-15(23(3)21-14)24-7-5-6-8-24/h9-11H,4-8H2,1-3H3,(H3,18,19,20)/b12-10-. The maximum atomic E-state index is 11.5. The third kappa shape index (κ3) is 3.24. The summed E-state index contributed by atoms with van der Waals surface area (Å²) < 4.78 is 1.89. The van der Waals surface area contributed by atoms with Gasteiger partial charge in [-0.05, 0) is 19.8 Å². The van der Waals surface area contributed by atoms with E-state index in [1.165, 1.54) is 12.8 Å². The molecule has 1 aliphatic heterocycles. The van der Waals surface area contributed by atoms with Crippen LogP contribution < -0.4 is 10.6 Å². The molecule has 0 saturated carbocycles. The van der Waals surface area contributed by atoms with E-state index in [0.717, 1.165) is 43.0 Å². The minimum Gasteiger partial charge on any atom is -0.382 e. The fourth-order valence-corrected chi connectivity index (χ4v) is 3.09. The predicted octanol–water partition coefficient (Wildman–Crippen LogP) is 1.48. The Kier molecular flexibility index (Phi) is 4.78. The number of aldehydes is 1. The van der Waals surface area contributed by atoms with Crippen LogP contribution >= 0.6 is 0 Å². The molecule has 0 aromatic carbocycles. The van der Waals surface area contributed by atoms with Crippen molar-refractivity contribution in [2.75, 3.05) is 37.3 Å². The number of nitrogens with one attached hydrogen (secondary N) is 1. The van der Waals surface area contributed by atoms with Gasteiger partial charge in [-0.15, -0.1) is 0 Å². The molecule has 25 heavy (non-hydrogen) atoms. The topological polar surface area (TPSA) is 96.1 Å². The number of carbonyl (C=O) groups is 1. The number of aryl methyl sites for hydroxylation is 1. The maximum Gasteiger partial charge on any atom is 0.156 e. The van der Waals surface area contributed by atoms with Crippen LogP contribution in [0.3, 0.4) is 0 Å². The van der Waals surface area contributed by atoms with Gasteiger partial charge in [0.2, 0.25) is 0 Å². The van der Waals surface area contributed by atoms with Crippen LogP contribution in [0, 0.1) is 0 Å². The van der Waals surface area contributed by atoms with E-state index in [9.17, 15) is 4.79 Å². The van der Waals surface area contributed by atoms with Gasteiger partial charge in [-0.2, -0.15) is 10.2 Å². The molecule has 1 aliphatic rings. The summed E-state index contributed by atoms with van der Waals surface area (Å²) in [5.41, 5.74) is 8.37. The molecule has 2 aromatic rings. The summed E-state index contributed by atoms with van der Waals surface area (Å²) in [6.45, 7) is 4.98. The molecule has 0 radical (unpaired) electrons. The molecule has 0 spiro atoms. The number of nitrogens with zero attached hydrogens (tertiary/aromatic N) is 5. The van der Waals surface area contributed by atoms with Crippen molar-refractivity contribution in [1.29, 1.82) is 0 Å². The first-order valence-electron chi connectivity index (χ1n) is 8.56. The Balaban J connectivity index is 2.08. The second-order valence-corrected chi connectivity index (χ2v) is 6.34. The molecular formula is C17H25N7O. The highest BCUT2D eigenvalue weighted by Crippen LogP contribution is 2.29. The average molecular weight is 343 g/mol. The number of nitrogen functional groups attached to an aromatic ring is 1. The minimum atomic E-state index is 0.200. The maximum absolute atomic E-state index is 11.5. The lowest BCUT2D eigenvalue weighted by Gasteiger charge is -2.16. The summed E-state index contributed by atoms with van der Waals surface area (Å²) in [6.07, 6.45) is 5.11. The summed E-state index contributed by atoms with van der Waals surface area (Å²) in [7, 11) is 3.92. The van der Waals surface area contributed by atoms with Crippen molar-refractivity contribution < 1.29 is 4.79 Å². The summed E-state index contributed by atoms with van der Waals surface area (Å²) in [4.78, 5) is 15.8. The highest BCUT2D eigenvalue weighted by molar-refractivity contribution is 5.92. The number of anilines is 2. The van der Waals surface area contributed by atoms with Crippen LogP contribution in [0.2, 0.25) is 0 Å². The SMILES string of the molecule is CCN(C)/C=C(/c1cc(N2CCCC2)n(C)n1)c1[nH]nc(N)c1C=O. The van der Waals surface area contributed by atoms with Crippen molar-refractivity contribution in [2.24, 2.45) is 7.05 Å². The molecule has 1 saturated heterocycles. The first-order chi connectivity index (χ1) is 12.0. The number of aromatic nitrogens is 4. The second kappa shape index (κ2) is 7.00. The number of hydrogen-bond acceptors (Lipinski definition) is 6. The summed E-state index contributed by atoms with van der Waals surface area (Å²) in [5, 5.41) is 11.6. The zero-order valence-electron chi connectivity index (χ0n) is 15.0. The molecule has 1 fully saturated rings. The molecule has 0 bridgehead atoms. The normalized spacial score (nSPS) is 15.0. The third-order valence-corrected chi connectivity index (χ3v) is 4.63. The van der Waals surface area contributed by atoms with Gasteiger partial charge < -0.3 is 15.5 Å². The van der Waals surface area contributed by atoms with Crippen molar-refractivity contribution >= 4 is 23.5 Å². The van der Waals surface area contributed by atoms with Gasteiger partial charge in [0.1, 0.15) is 5.82 Å². The van der Waals surface area contributed by atoms with Crippen molar-refractivity contribution in [1.82, 2.24) is 24.9 Å². The lowest BCUT2D eigenvalue weighted by molar-refractivity contribution is 0.112. The molecule has 0 aliphatic carbocycles. The summed E-state index contributed by atoms with van der Waals surface area (Å²) in [5.74, 6) is 1.28. The fourth-order valence-electron chi connectivity index (χ4n) is 3.09. The summed E-state index contributed by atoms with van der Waals surface area (Å²) in [6, 6.07) is 2.06. The molecule has 8 nitrogen and oxygen atoms in total. The number of hydrogen-bond donors (Lipinski definition) is 2. The zero-order chi connectivity index (χ0) is 18.0. The van der Waals surface area contributed by atoms with Gasteiger partial charge in [0.25, 0.3) is 0 Å². The largest absolute Gasteiger partial charge is 0.382 e. The molecule has 0 amide bonds. The van der Waals surface area contributed by atoms with Gasteiger partial charge in [-0.3, -0.25) is 14.6 Å². The Hall–Kier alpha value is -2.77. The average Bonchev–Trinajstić information content (AvgIpc) is 3.32. The molecule has 3 N–H and O–H groups in total. The molecule has 134 valence electrons. The van der Waals surface area contributed by atoms with Crippen molar-refractivity contribution in [3.8, 4) is 0 Å². The molecule has 3 heterocycles. The quantitative estimate of drug-likeness (QED) is 0.771. The van der Waals surface area contributed by atoms with E-state index >= 15 is 0 Å². The highest BCUT2D eigenvalue weighted by Gasteiger charge is 2.22. The van der Waals surface area contributed by atoms with Crippen LogP contribution in [0.25, 0.3) is 5.57 Å². The molecular weight excluding hydrogens is 318 g/mol. The van der Waals surface area contributed by atoms with Crippen LogP contribution in [0.1, 0.15) is 41.5 Å². The molecule has 2 aromatic heterocycles. The number of rotatable bonds is 6. The van der Waals surface area contributed by atoms with E-state index in [4.69, 9.17) is 5.73 Å². The van der Waals surface area contributed by atoms with E-state index in [0.29, 0.717) is 11.3 Å². The molecule has 0 unspecified atom stereocenters. The van der Waals surface area contributed by atoms with Gasteiger partial charge in [-0.1, -0.05) is 0 Å². The number of carbonyl (C=O) groups excluding carboxylic acids is 1. The van der Waals surface area contributed by atoms with E-state index in [2.05, 4.69) is 33.2 Å². The molecule has 0 atom stereocenters. The van der Waals surface area contributed by atoms with Crippen LogP contribution in [0.4, 0.5) is 11.6 Å². The van der Waals surface area contributed by atoms with E-state index in [1.54, 1.807) is 0 Å². The van der Waals surface area contributed by atoms with E-state index in [1.807, 2.05) is 29.9 Å². The minimum absolute atomic E-state index is 0.200. The molecule has 8 heteroatoms. The Morgan fingerprint density at radius 2 is 2.16 bits per heavy atom. The van der Waals surface area contributed by atoms with Gasteiger partial charge in [0, 0.05) is 51.6 Å². The first kappa shape index (κ1) is 17.1. The first-order valence-corrected chi connectivity index (χ1v) is 8.56. The lowest BCUT2D eigenvalue weighted by Crippen LogP contribution is -2.20. The zero-order valence-corrected chi connectivity index (χ0v) is 15.0. The van der Waals surface area contributed by atoms with Gasteiger partial charge in [-0.25, -0.2) is 0 Å². The third-order valence-electron chi connectivity index (χ3n) is 4.63. The Labute approximate surface area is 147 Å². The highest BCUT2D eigenvalue weighted by atomic mass is 16.1. The Morgan fingerprint density at radius 3 is 2.80 bits per heavy atom. The van der Waals surface area contributed by atoms with Gasteiger partial charge in [0.05, 0.1) is 17.0 Å². The number of aromatic amines is 1. The summed E-state index contributed by atoms with van der Waals surface area (Å²) >= 11 is 0. The Morgan fingerprint density at radius 1 is 1.44 bits per heavy atom. The predicted molar refractivity (Wildman–Crippen MR) is 98.4 cm³/mol. The van der Waals surface area contributed by atoms with Crippen molar-refractivity contribution in [3.63, 3.8) is 0 Å². The Bertz CT molecular complexity index is 783. The van der Waals surface area contributed by atoms with Crippen molar-refractivity contribution in [2.45, 2.75) is 19.8 Å². The second-order valence-electron chi connectivity index (χ2n) is 6.34. The van der Waals surface area contributed by atoms with Crippen LogP contribution in [-0.2, 0) is 7.05 Å². The van der Waals surface area contributed by atoms with Gasteiger partial charge in [0.15, 0.2) is 12.1 Å². The van der Waals surface area contributed by atoms with Gasteiger partial charge >= 0.3 is 0 Å². The monoisotopic (exact) mass is 343 g/mol. The molecule has 3 rings (SSSR count). The number of H-pyrrole nitrogens is 1. The van der Waals surface area contributed by atoms with E-state index in [-0.39, 0.29) is 5.82 Å². The van der Waals surface area contributed by atoms with E-state index < -0.39 is 0 Å². The fraction of sp³-hybridized carbons (Fsp3) is 0.471. The smallest absolute Gasteiger partial charge is 0.156 e. The van der Waals surface area contributed by atoms with Crippen LogP contribution in [0.5, 0.6) is 0 Å². The van der Waals surface area contributed by atoms with Crippen LogP contribution in [0.15, 0.2) is 12.3 Å². The van der Waals surface area contributed by atoms with Crippen LogP contribution in [-0.4, -0.2) is 57.8 Å². The van der Waals surface area contributed by atoms with Crippen molar-refractivity contribution in [3.05, 3.63) is 29.2 Å². The number of nitrogens with two attached hydrogens (primary N) is 1.